The number of carbonyl (C=O) groups excluding carboxylic acids is 2. The van der Waals surface area contributed by atoms with Gasteiger partial charge in [-0.05, 0) is 44.6 Å². The van der Waals surface area contributed by atoms with Gasteiger partial charge in [-0.1, -0.05) is 12.1 Å². The fourth-order valence-electron chi connectivity index (χ4n) is 1.69. The number of esters is 1. The molecule has 5 nitrogen and oxygen atoms in total. The van der Waals surface area contributed by atoms with Crippen molar-refractivity contribution in [3.05, 3.63) is 35.4 Å². The van der Waals surface area contributed by atoms with Gasteiger partial charge in [0.2, 0.25) is 5.91 Å². The number of benzene rings is 1. The average molecular weight is 315 g/mol. The lowest BCUT2D eigenvalue weighted by Gasteiger charge is -2.06. The Morgan fingerprint density at radius 3 is 2.43 bits per heavy atom. The quantitative estimate of drug-likeness (QED) is 0.568. The second-order valence-electron chi connectivity index (χ2n) is 4.40. The Kier molecular flexibility index (Phi) is 10.3. The van der Waals surface area contributed by atoms with Crippen LogP contribution in [-0.4, -0.2) is 32.1 Å². The van der Waals surface area contributed by atoms with Gasteiger partial charge in [0, 0.05) is 13.0 Å². The van der Waals surface area contributed by atoms with Crippen molar-refractivity contribution in [3.8, 4) is 0 Å². The SMILES string of the molecule is CCOC(=O)c1ccc(CNC(=O)CCCNC)cc1.Cl. The maximum absolute atomic E-state index is 11.5. The van der Waals surface area contributed by atoms with Crippen molar-refractivity contribution in [2.45, 2.75) is 26.3 Å². The summed E-state index contributed by atoms with van der Waals surface area (Å²) in [6, 6.07) is 7.06. The summed E-state index contributed by atoms with van der Waals surface area (Å²) in [5, 5.41) is 5.85. The van der Waals surface area contributed by atoms with Crippen molar-refractivity contribution in [2.75, 3.05) is 20.2 Å². The molecule has 118 valence electrons. The number of hydrogen-bond acceptors (Lipinski definition) is 4. The predicted octanol–water partition coefficient (Wildman–Crippen LogP) is 1.90. The Balaban J connectivity index is 0.00000400. The zero-order valence-corrected chi connectivity index (χ0v) is 13.3. The second kappa shape index (κ2) is 11.1. The van der Waals surface area contributed by atoms with Gasteiger partial charge in [0.1, 0.15) is 0 Å². The fourth-order valence-corrected chi connectivity index (χ4v) is 1.69. The summed E-state index contributed by atoms with van der Waals surface area (Å²) >= 11 is 0. The topological polar surface area (TPSA) is 67.4 Å². The predicted molar refractivity (Wildman–Crippen MR) is 84.7 cm³/mol. The minimum atomic E-state index is -0.324. The van der Waals surface area contributed by atoms with E-state index in [2.05, 4.69) is 10.6 Å². The average Bonchev–Trinajstić information content (AvgIpc) is 2.46. The van der Waals surface area contributed by atoms with Gasteiger partial charge in [0.25, 0.3) is 0 Å². The molecule has 1 amide bonds. The van der Waals surface area contributed by atoms with Gasteiger partial charge in [-0.25, -0.2) is 4.79 Å². The van der Waals surface area contributed by atoms with Crippen LogP contribution in [0, 0.1) is 0 Å². The largest absolute Gasteiger partial charge is 0.462 e. The molecule has 0 atom stereocenters. The molecule has 0 unspecified atom stereocenters. The third kappa shape index (κ3) is 7.68. The first-order valence-electron chi connectivity index (χ1n) is 6.84. The summed E-state index contributed by atoms with van der Waals surface area (Å²) in [6.07, 6.45) is 1.34. The Hall–Kier alpha value is -1.59. The smallest absolute Gasteiger partial charge is 0.338 e. The highest BCUT2D eigenvalue weighted by molar-refractivity contribution is 5.89. The van der Waals surface area contributed by atoms with Crippen LogP contribution in [0.1, 0.15) is 35.7 Å². The summed E-state index contributed by atoms with van der Waals surface area (Å²) in [6.45, 7) is 3.45. The van der Waals surface area contributed by atoms with E-state index in [1.807, 2.05) is 19.2 Å². The van der Waals surface area contributed by atoms with Crippen molar-refractivity contribution in [1.82, 2.24) is 10.6 Å². The zero-order chi connectivity index (χ0) is 14.8. The number of carbonyl (C=O) groups is 2. The molecule has 1 aromatic rings. The highest BCUT2D eigenvalue weighted by Gasteiger charge is 2.06. The molecular weight excluding hydrogens is 292 g/mol. The second-order valence-corrected chi connectivity index (χ2v) is 4.40. The molecule has 0 radical (unpaired) electrons. The molecule has 0 fully saturated rings. The number of hydrogen-bond donors (Lipinski definition) is 2. The lowest BCUT2D eigenvalue weighted by atomic mass is 10.1. The highest BCUT2D eigenvalue weighted by atomic mass is 35.5. The third-order valence-corrected chi connectivity index (χ3v) is 2.79. The highest BCUT2D eigenvalue weighted by Crippen LogP contribution is 2.06. The third-order valence-electron chi connectivity index (χ3n) is 2.79. The van der Waals surface area contributed by atoms with E-state index >= 15 is 0 Å². The molecule has 0 saturated heterocycles. The Morgan fingerprint density at radius 2 is 1.86 bits per heavy atom. The molecule has 6 heteroatoms. The lowest BCUT2D eigenvalue weighted by Crippen LogP contribution is -2.23. The molecule has 0 bridgehead atoms. The van der Waals surface area contributed by atoms with Crippen molar-refractivity contribution >= 4 is 24.3 Å². The summed E-state index contributed by atoms with van der Waals surface area (Å²) in [7, 11) is 1.86. The number of halogens is 1. The first-order valence-corrected chi connectivity index (χ1v) is 6.84. The summed E-state index contributed by atoms with van der Waals surface area (Å²) < 4.78 is 4.91. The van der Waals surface area contributed by atoms with E-state index in [0.29, 0.717) is 25.1 Å². The maximum atomic E-state index is 11.5. The van der Waals surface area contributed by atoms with Crippen LogP contribution >= 0.6 is 12.4 Å². The van der Waals surface area contributed by atoms with E-state index < -0.39 is 0 Å². The van der Waals surface area contributed by atoms with E-state index in [1.54, 1.807) is 19.1 Å². The van der Waals surface area contributed by atoms with Crippen molar-refractivity contribution in [2.24, 2.45) is 0 Å². The molecule has 0 saturated carbocycles. The van der Waals surface area contributed by atoms with Crippen molar-refractivity contribution in [1.29, 1.82) is 0 Å². The fraction of sp³-hybridized carbons (Fsp3) is 0.467. The van der Waals surface area contributed by atoms with Crippen LogP contribution in [0.5, 0.6) is 0 Å². The van der Waals surface area contributed by atoms with Crippen molar-refractivity contribution < 1.29 is 14.3 Å². The molecule has 2 N–H and O–H groups in total. The minimum Gasteiger partial charge on any atom is -0.462 e. The molecule has 1 aromatic carbocycles. The first-order chi connectivity index (χ1) is 9.67. The number of ether oxygens (including phenoxy) is 1. The van der Waals surface area contributed by atoms with E-state index in [0.717, 1.165) is 18.5 Å². The lowest BCUT2D eigenvalue weighted by molar-refractivity contribution is -0.121. The molecule has 0 aromatic heterocycles. The number of amides is 1. The molecule has 0 aliphatic carbocycles. The molecule has 0 aliphatic rings. The van der Waals surface area contributed by atoms with Crippen LogP contribution in [-0.2, 0) is 16.1 Å². The molecule has 0 heterocycles. The Bertz CT molecular complexity index is 435. The van der Waals surface area contributed by atoms with E-state index in [9.17, 15) is 9.59 Å². The van der Waals surface area contributed by atoms with E-state index in [4.69, 9.17) is 4.74 Å². The molecule has 21 heavy (non-hydrogen) atoms. The summed E-state index contributed by atoms with van der Waals surface area (Å²) in [4.78, 5) is 23.0. The van der Waals surface area contributed by atoms with E-state index in [1.165, 1.54) is 0 Å². The summed E-state index contributed by atoms with van der Waals surface area (Å²) in [5.74, 6) is -0.287. The Labute approximate surface area is 131 Å². The normalized spacial score (nSPS) is 9.62. The van der Waals surface area contributed by atoms with Crippen LogP contribution in [0.2, 0.25) is 0 Å². The minimum absolute atomic E-state index is 0. The van der Waals surface area contributed by atoms with Crippen molar-refractivity contribution in [3.63, 3.8) is 0 Å². The molecule has 0 spiro atoms. The van der Waals surface area contributed by atoms with Crippen LogP contribution in [0.25, 0.3) is 0 Å². The van der Waals surface area contributed by atoms with Gasteiger partial charge < -0.3 is 15.4 Å². The van der Waals surface area contributed by atoms with E-state index in [-0.39, 0.29) is 24.3 Å². The first kappa shape index (κ1) is 19.4. The molecule has 1 rings (SSSR count). The standard InChI is InChI=1S/C15H22N2O3.ClH/c1-3-20-15(19)13-8-6-12(7-9-13)11-17-14(18)5-4-10-16-2;/h6-9,16H,3-5,10-11H2,1-2H3,(H,17,18);1H. The van der Waals surface area contributed by atoms with Crippen LogP contribution < -0.4 is 10.6 Å². The van der Waals surface area contributed by atoms with Crippen LogP contribution in [0.4, 0.5) is 0 Å². The molecule has 0 aliphatic heterocycles. The van der Waals surface area contributed by atoms with Gasteiger partial charge in [-0.2, -0.15) is 0 Å². The van der Waals surface area contributed by atoms with Gasteiger partial charge in [0.05, 0.1) is 12.2 Å². The Morgan fingerprint density at radius 1 is 1.19 bits per heavy atom. The zero-order valence-electron chi connectivity index (χ0n) is 12.5. The number of nitrogens with one attached hydrogen (secondary N) is 2. The maximum Gasteiger partial charge on any atom is 0.338 e. The number of rotatable bonds is 8. The molecular formula is C15H23ClN2O3. The van der Waals surface area contributed by atoms with Gasteiger partial charge in [-0.15, -0.1) is 12.4 Å². The van der Waals surface area contributed by atoms with Crippen LogP contribution in [0.3, 0.4) is 0 Å². The van der Waals surface area contributed by atoms with Gasteiger partial charge >= 0.3 is 5.97 Å². The monoisotopic (exact) mass is 314 g/mol. The summed E-state index contributed by atoms with van der Waals surface area (Å²) in [5.41, 5.74) is 1.48. The van der Waals surface area contributed by atoms with Crippen LogP contribution in [0.15, 0.2) is 24.3 Å². The van der Waals surface area contributed by atoms with Gasteiger partial charge in [0.15, 0.2) is 0 Å². The van der Waals surface area contributed by atoms with Gasteiger partial charge in [-0.3, -0.25) is 4.79 Å².